The van der Waals surface area contributed by atoms with Crippen LogP contribution in [0.1, 0.15) is 25.8 Å². The number of carbonyl (C=O) groups is 1. The number of hydrogen-bond donors (Lipinski definition) is 2. The summed E-state index contributed by atoms with van der Waals surface area (Å²) in [7, 11) is 4.04. The van der Waals surface area contributed by atoms with Crippen molar-refractivity contribution in [1.82, 2.24) is 25.3 Å². The van der Waals surface area contributed by atoms with E-state index in [4.69, 9.17) is 0 Å². The zero-order valence-corrected chi connectivity index (χ0v) is 15.6. The average molecular weight is 343 g/mol. The Morgan fingerprint density at radius 3 is 2.52 bits per heavy atom. The number of amides is 2. The largest absolute Gasteiger partial charge is 0.334 e. The zero-order chi connectivity index (χ0) is 18.2. The van der Waals surface area contributed by atoms with Crippen LogP contribution in [-0.4, -0.2) is 47.4 Å². The minimum Gasteiger partial charge on any atom is -0.334 e. The molecule has 0 saturated carbocycles. The summed E-state index contributed by atoms with van der Waals surface area (Å²) < 4.78 is 1.81. The lowest BCUT2D eigenvalue weighted by molar-refractivity contribution is 0.228. The van der Waals surface area contributed by atoms with Crippen LogP contribution in [0.2, 0.25) is 0 Å². The Balaban J connectivity index is 1.84. The second-order valence-corrected chi connectivity index (χ2v) is 7.03. The lowest BCUT2D eigenvalue weighted by Crippen LogP contribution is -2.46. The van der Waals surface area contributed by atoms with Crippen LogP contribution in [0, 0.1) is 5.92 Å². The molecule has 25 heavy (non-hydrogen) atoms. The van der Waals surface area contributed by atoms with E-state index in [9.17, 15) is 4.79 Å². The zero-order valence-electron chi connectivity index (χ0n) is 15.6. The third-order valence-electron chi connectivity index (χ3n) is 3.84. The summed E-state index contributed by atoms with van der Waals surface area (Å²) >= 11 is 0. The Hall–Kier alpha value is -2.34. The fourth-order valence-electron chi connectivity index (χ4n) is 2.80. The maximum Gasteiger partial charge on any atom is 0.315 e. The van der Waals surface area contributed by atoms with E-state index in [-0.39, 0.29) is 12.1 Å². The van der Waals surface area contributed by atoms with Gasteiger partial charge >= 0.3 is 6.03 Å². The van der Waals surface area contributed by atoms with Gasteiger partial charge in [0, 0.05) is 31.5 Å². The van der Waals surface area contributed by atoms with Crippen molar-refractivity contribution >= 4 is 6.03 Å². The molecule has 2 amide bonds. The molecule has 0 bridgehead atoms. The molecule has 1 aromatic carbocycles. The van der Waals surface area contributed by atoms with E-state index in [2.05, 4.69) is 34.5 Å². The van der Waals surface area contributed by atoms with Gasteiger partial charge < -0.3 is 15.5 Å². The maximum atomic E-state index is 12.2. The van der Waals surface area contributed by atoms with Crippen molar-refractivity contribution < 1.29 is 4.79 Å². The number of rotatable bonds is 8. The Bertz CT molecular complexity index is 624. The van der Waals surface area contributed by atoms with Gasteiger partial charge in [-0.15, -0.1) is 0 Å². The molecule has 0 aliphatic rings. The van der Waals surface area contributed by atoms with Gasteiger partial charge in [0.1, 0.15) is 0 Å². The first-order valence-electron chi connectivity index (χ1n) is 8.72. The van der Waals surface area contributed by atoms with Gasteiger partial charge in [-0.1, -0.05) is 26.0 Å². The topological polar surface area (TPSA) is 62.2 Å². The highest BCUT2D eigenvalue weighted by atomic mass is 16.2. The highest BCUT2D eigenvalue weighted by Gasteiger charge is 2.14. The molecule has 2 rings (SSSR count). The Kier molecular flexibility index (Phi) is 7.01. The number of carbonyl (C=O) groups excluding carboxylic acids is 1. The van der Waals surface area contributed by atoms with E-state index in [1.807, 2.05) is 55.3 Å². The predicted molar refractivity (Wildman–Crippen MR) is 101 cm³/mol. The monoisotopic (exact) mass is 343 g/mol. The first-order valence-corrected chi connectivity index (χ1v) is 8.72. The van der Waals surface area contributed by atoms with Crippen LogP contribution in [0.25, 0.3) is 5.69 Å². The van der Waals surface area contributed by atoms with Crippen molar-refractivity contribution in [3.63, 3.8) is 0 Å². The van der Waals surface area contributed by atoms with Crippen molar-refractivity contribution in [3.8, 4) is 5.69 Å². The van der Waals surface area contributed by atoms with Gasteiger partial charge in [0.2, 0.25) is 0 Å². The van der Waals surface area contributed by atoms with Crippen molar-refractivity contribution in [1.29, 1.82) is 0 Å². The van der Waals surface area contributed by atoms with Gasteiger partial charge in [0.25, 0.3) is 0 Å². The van der Waals surface area contributed by atoms with Gasteiger partial charge in [0.15, 0.2) is 0 Å². The number of aromatic nitrogens is 2. The molecule has 1 aromatic heterocycles. The highest BCUT2D eigenvalue weighted by Crippen LogP contribution is 2.09. The Labute approximate surface area is 150 Å². The fraction of sp³-hybridized carbons (Fsp3) is 0.474. The fourth-order valence-corrected chi connectivity index (χ4v) is 2.80. The van der Waals surface area contributed by atoms with E-state index in [1.54, 1.807) is 6.20 Å². The standard InChI is InChI=1S/C19H29N5O/c1-15(2)12-17(14-23(3)4)22-19(25)20-13-16-6-8-18(9-7-16)24-11-5-10-21-24/h5-11,15,17H,12-14H2,1-4H3,(H2,20,22,25). The molecule has 0 radical (unpaired) electrons. The second-order valence-electron chi connectivity index (χ2n) is 7.03. The average Bonchev–Trinajstić information content (AvgIpc) is 3.06. The molecule has 0 saturated heterocycles. The lowest BCUT2D eigenvalue weighted by Gasteiger charge is -2.24. The molecule has 0 fully saturated rings. The summed E-state index contributed by atoms with van der Waals surface area (Å²) in [6.07, 6.45) is 4.62. The predicted octanol–water partition coefficient (Wildman–Crippen LogP) is 2.65. The van der Waals surface area contributed by atoms with Crippen LogP contribution < -0.4 is 10.6 Å². The molecule has 6 nitrogen and oxygen atoms in total. The van der Waals surface area contributed by atoms with E-state index < -0.39 is 0 Å². The van der Waals surface area contributed by atoms with E-state index >= 15 is 0 Å². The molecule has 0 aliphatic heterocycles. The van der Waals surface area contributed by atoms with Crippen LogP contribution >= 0.6 is 0 Å². The maximum absolute atomic E-state index is 12.2. The molecule has 136 valence electrons. The van der Waals surface area contributed by atoms with Gasteiger partial charge in [-0.3, -0.25) is 0 Å². The molecule has 2 N–H and O–H groups in total. The van der Waals surface area contributed by atoms with Crippen LogP contribution in [0.5, 0.6) is 0 Å². The van der Waals surface area contributed by atoms with Crippen molar-refractivity contribution in [3.05, 3.63) is 48.3 Å². The van der Waals surface area contributed by atoms with Crippen molar-refractivity contribution in [2.24, 2.45) is 5.92 Å². The quantitative estimate of drug-likeness (QED) is 0.774. The normalized spacial score (nSPS) is 12.4. The minimum atomic E-state index is -0.122. The minimum absolute atomic E-state index is 0.122. The van der Waals surface area contributed by atoms with Gasteiger partial charge in [-0.25, -0.2) is 9.48 Å². The first kappa shape index (κ1) is 19.0. The number of nitrogens with zero attached hydrogens (tertiary/aromatic N) is 3. The molecular weight excluding hydrogens is 314 g/mol. The summed E-state index contributed by atoms with van der Waals surface area (Å²) in [6.45, 7) is 5.68. The molecule has 0 spiro atoms. The summed E-state index contributed by atoms with van der Waals surface area (Å²) in [5.41, 5.74) is 2.06. The summed E-state index contributed by atoms with van der Waals surface area (Å²) in [4.78, 5) is 14.3. The first-order chi connectivity index (χ1) is 11.9. The van der Waals surface area contributed by atoms with E-state index in [0.717, 1.165) is 24.2 Å². The van der Waals surface area contributed by atoms with Crippen LogP contribution in [0.15, 0.2) is 42.7 Å². The SMILES string of the molecule is CC(C)CC(CN(C)C)NC(=O)NCc1ccc(-n2cccn2)cc1. The molecular formula is C19H29N5O. The molecule has 0 aliphatic carbocycles. The molecule has 6 heteroatoms. The third kappa shape index (κ3) is 6.58. The number of urea groups is 1. The number of likely N-dealkylation sites (N-methyl/N-ethyl adjacent to an activating group) is 1. The number of nitrogens with one attached hydrogen (secondary N) is 2. The molecule has 1 unspecified atom stereocenters. The van der Waals surface area contributed by atoms with Gasteiger partial charge in [-0.05, 0) is 50.2 Å². The number of benzene rings is 1. The molecule has 2 aromatic rings. The summed E-state index contributed by atoms with van der Waals surface area (Å²) in [5, 5.41) is 10.2. The molecule has 1 heterocycles. The molecule has 1 atom stereocenters. The summed E-state index contributed by atoms with van der Waals surface area (Å²) in [5.74, 6) is 0.542. The number of hydrogen-bond acceptors (Lipinski definition) is 3. The van der Waals surface area contributed by atoms with Gasteiger partial charge in [-0.2, -0.15) is 5.10 Å². The third-order valence-corrected chi connectivity index (χ3v) is 3.84. The van der Waals surface area contributed by atoms with Crippen molar-refractivity contribution in [2.45, 2.75) is 32.9 Å². The van der Waals surface area contributed by atoms with Crippen molar-refractivity contribution in [2.75, 3.05) is 20.6 Å². The Morgan fingerprint density at radius 1 is 1.24 bits per heavy atom. The van der Waals surface area contributed by atoms with E-state index in [1.165, 1.54) is 0 Å². The summed E-state index contributed by atoms with van der Waals surface area (Å²) in [6, 6.07) is 9.92. The Morgan fingerprint density at radius 2 is 1.96 bits per heavy atom. The smallest absolute Gasteiger partial charge is 0.315 e. The van der Waals surface area contributed by atoms with Crippen LogP contribution in [0.3, 0.4) is 0 Å². The van der Waals surface area contributed by atoms with Crippen LogP contribution in [0.4, 0.5) is 4.79 Å². The van der Waals surface area contributed by atoms with Gasteiger partial charge in [0.05, 0.1) is 5.69 Å². The second kappa shape index (κ2) is 9.22. The van der Waals surface area contributed by atoms with Crippen LogP contribution in [-0.2, 0) is 6.54 Å². The highest BCUT2D eigenvalue weighted by molar-refractivity contribution is 5.74. The van der Waals surface area contributed by atoms with E-state index in [0.29, 0.717) is 12.5 Å². The lowest BCUT2D eigenvalue weighted by atomic mass is 10.0.